The van der Waals surface area contributed by atoms with E-state index in [0.29, 0.717) is 12.2 Å². The monoisotopic (exact) mass is 300 g/mol. The maximum absolute atomic E-state index is 11.9. The van der Waals surface area contributed by atoms with Gasteiger partial charge in [-0.15, -0.1) is 0 Å². The van der Waals surface area contributed by atoms with Crippen LogP contribution in [0.4, 0.5) is 0 Å². The Balaban J connectivity index is 1.96. The second-order valence-electron chi connectivity index (χ2n) is 4.90. The molecule has 7 nitrogen and oxygen atoms in total. The molecule has 22 heavy (non-hydrogen) atoms. The first-order valence-electron chi connectivity index (χ1n) is 6.74. The highest BCUT2D eigenvalue weighted by Crippen LogP contribution is 2.08. The molecule has 7 heteroatoms. The number of ether oxygens (including phenoxy) is 1. The number of fused-ring (bicyclic) bond motifs is 1. The minimum Gasteiger partial charge on any atom is -0.451 e. The van der Waals surface area contributed by atoms with E-state index in [4.69, 9.17) is 10.00 Å². The zero-order valence-corrected chi connectivity index (χ0v) is 12.4. The third-order valence-electron chi connectivity index (χ3n) is 3.14. The van der Waals surface area contributed by atoms with Crippen LogP contribution in [0.2, 0.25) is 0 Å². The van der Waals surface area contributed by atoms with Crippen molar-refractivity contribution in [1.82, 2.24) is 14.3 Å². The Morgan fingerprint density at radius 2 is 2.27 bits per heavy atom. The minimum atomic E-state index is -0.650. The zero-order chi connectivity index (χ0) is 16.1. The van der Waals surface area contributed by atoms with Crippen molar-refractivity contribution in [3.8, 4) is 6.07 Å². The molecule has 2 heterocycles. The third-order valence-corrected chi connectivity index (χ3v) is 3.14. The van der Waals surface area contributed by atoms with Crippen molar-refractivity contribution in [2.45, 2.75) is 13.3 Å². The van der Waals surface area contributed by atoms with Crippen LogP contribution in [0.1, 0.15) is 22.5 Å². The highest BCUT2D eigenvalue weighted by atomic mass is 16.5. The van der Waals surface area contributed by atoms with Crippen molar-refractivity contribution in [1.29, 1.82) is 5.26 Å². The molecule has 2 rings (SSSR count). The molecule has 1 amide bonds. The lowest BCUT2D eigenvalue weighted by Crippen LogP contribution is -2.31. The molecule has 0 radical (unpaired) electrons. The SMILES string of the molecule is Cc1ccn2cc(C(=O)OCC(=O)N(C)CCC#N)nc2c1. The van der Waals surface area contributed by atoms with E-state index in [0.717, 1.165) is 5.56 Å². The Morgan fingerprint density at radius 1 is 1.50 bits per heavy atom. The lowest BCUT2D eigenvalue weighted by atomic mass is 10.3. The first-order valence-corrected chi connectivity index (χ1v) is 6.74. The number of hydrogen-bond donors (Lipinski definition) is 0. The Hall–Kier alpha value is -2.88. The molecule has 0 saturated heterocycles. The van der Waals surface area contributed by atoms with Gasteiger partial charge in [0.2, 0.25) is 0 Å². The fraction of sp³-hybridized carbons (Fsp3) is 0.333. The fourth-order valence-electron chi connectivity index (χ4n) is 1.84. The summed E-state index contributed by atoms with van der Waals surface area (Å²) in [5.74, 6) is -1.01. The van der Waals surface area contributed by atoms with Gasteiger partial charge in [-0.1, -0.05) is 0 Å². The Bertz CT molecular complexity index is 745. The van der Waals surface area contributed by atoms with E-state index in [1.807, 2.05) is 25.1 Å². The number of nitrogens with zero attached hydrogens (tertiary/aromatic N) is 4. The smallest absolute Gasteiger partial charge is 0.359 e. The molecule has 2 aromatic heterocycles. The summed E-state index contributed by atoms with van der Waals surface area (Å²) in [6.07, 6.45) is 3.60. The van der Waals surface area contributed by atoms with Gasteiger partial charge in [0.25, 0.3) is 5.91 Å². The van der Waals surface area contributed by atoms with Crippen molar-refractivity contribution >= 4 is 17.5 Å². The van der Waals surface area contributed by atoms with Gasteiger partial charge < -0.3 is 14.0 Å². The summed E-state index contributed by atoms with van der Waals surface area (Å²) in [6, 6.07) is 5.69. The van der Waals surface area contributed by atoms with Gasteiger partial charge in [-0.05, 0) is 24.6 Å². The molecule has 0 aliphatic carbocycles. The fourth-order valence-corrected chi connectivity index (χ4v) is 1.84. The van der Waals surface area contributed by atoms with Gasteiger partial charge in [-0.2, -0.15) is 5.26 Å². The molecule has 0 aliphatic rings. The van der Waals surface area contributed by atoms with E-state index in [1.165, 1.54) is 4.90 Å². The Morgan fingerprint density at radius 3 is 3.00 bits per heavy atom. The minimum absolute atomic E-state index is 0.151. The van der Waals surface area contributed by atoms with Crippen LogP contribution < -0.4 is 0 Å². The maximum Gasteiger partial charge on any atom is 0.359 e. The standard InChI is InChI=1S/C15H16N4O3/c1-11-4-7-19-9-12(17-13(19)8-11)15(21)22-10-14(20)18(2)6-3-5-16/h4,7-9H,3,6,10H2,1-2H3. The number of nitriles is 1. The maximum atomic E-state index is 11.9. The third kappa shape index (κ3) is 3.61. The number of amides is 1. The lowest BCUT2D eigenvalue weighted by molar-refractivity contribution is -0.133. The molecule has 0 aliphatic heterocycles. The molecule has 0 atom stereocenters. The van der Waals surface area contributed by atoms with Crippen LogP contribution in [0.25, 0.3) is 5.65 Å². The topological polar surface area (TPSA) is 87.7 Å². The van der Waals surface area contributed by atoms with Crippen molar-refractivity contribution in [3.05, 3.63) is 35.8 Å². The molecule has 0 unspecified atom stereocenters. The number of hydrogen-bond acceptors (Lipinski definition) is 5. The van der Waals surface area contributed by atoms with Crippen LogP contribution in [-0.2, 0) is 9.53 Å². The number of likely N-dealkylation sites (N-methyl/N-ethyl adjacent to an activating group) is 1. The molecular weight excluding hydrogens is 284 g/mol. The highest BCUT2D eigenvalue weighted by molar-refractivity contribution is 5.90. The van der Waals surface area contributed by atoms with E-state index >= 15 is 0 Å². The molecule has 0 aromatic carbocycles. The number of pyridine rings is 1. The van der Waals surface area contributed by atoms with Crippen LogP contribution >= 0.6 is 0 Å². The number of carbonyl (C=O) groups excluding carboxylic acids is 2. The molecule has 0 spiro atoms. The normalized spacial score (nSPS) is 10.2. The van der Waals surface area contributed by atoms with Gasteiger partial charge in [-0.25, -0.2) is 9.78 Å². The number of esters is 1. The van der Waals surface area contributed by atoms with Crippen LogP contribution in [-0.4, -0.2) is 46.4 Å². The van der Waals surface area contributed by atoms with E-state index in [2.05, 4.69) is 4.98 Å². The van der Waals surface area contributed by atoms with Gasteiger partial charge in [0.05, 0.1) is 12.5 Å². The van der Waals surface area contributed by atoms with Crippen molar-refractivity contribution in [2.24, 2.45) is 0 Å². The van der Waals surface area contributed by atoms with Gasteiger partial charge >= 0.3 is 5.97 Å². The Labute approximate surface area is 127 Å². The molecule has 2 aromatic rings. The highest BCUT2D eigenvalue weighted by Gasteiger charge is 2.16. The van der Waals surface area contributed by atoms with E-state index < -0.39 is 5.97 Å². The second kappa shape index (κ2) is 6.72. The predicted molar refractivity (Wildman–Crippen MR) is 78.1 cm³/mol. The largest absolute Gasteiger partial charge is 0.451 e. The summed E-state index contributed by atoms with van der Waals surface area (Å²) in [7, 11) is 1.56. The van der Waals surface area contributed by atoms with Crippen molar-refractivity contribution in [2.75, 3.05) is 20.2 Å². The quantitative estimate of drug-likeness (QED) is 0.773. The van der Waals surface area contributed by atoms with Crippen LogP contribution in [0.5, 0.6) is 0 Å². The molecular formula is C15H16N4O3. The summed E-state index contributed by atoms with van der Waals surface area (Å²) >= 11 is 0. The molecule has 0 bridgehead atoms. The van der Waals surface area contributed by atoms with Crippen LogP contribution in [0, 0.1) is 18.3 Å². The first-order chi connectivity index (χ1) is 10.5. The molecule has 0 N–H and O–H groups in total. The number of aromatic nitrogens is 2. The van der Waals surface area contributed by atoms with E-state index in [-0.39, 0.29) is 24.6 Å². The number of aryl methyl sites for hydroxylation is 1. The van der Waals surface area contributed by atoms with Crippen molar-refractivity contribution < 1.29 is 14.3 Å². The van der Waals surface area contributed by atoms with E-state index in [9.17, 15) is 9.59 Å². The average Bonchev–Trinajstić information content (AvgIpc) is 2.92. The number of rotatable bonds is 5. The zero-order valence-electron chi connectivity index (χ0n) is 12.4. The molecule has 0 saturated carbocycles. The van der Waals surface area contributed by atoms with Crippen LogP contribution in [0.3, 0.4) is 0 Å². The van der Waals surface area contributed by atoms with Crippen LogP contribution in [0.15, 0.2) is 24.5 Å². The second-order valence-corrected chi connectivity index (χ2v) is 4.90. The molecule has 114 valence electrons. The first kappa shape index (κ1) is 15.5. The number of carbonyl (C=O) groups is 2. The lowest BCUT2D eigenvalue weighted by Gasteiger charge is -2.14. The Kier molecular flexibility index (Phi) is 4.73. The average molecular weight is 300 g/mol. The summed E-state index contributed by atoms with van der Waals surface area (Å²) in [6.45, 7) is 1.87. The van der Waals surface area contributed by atoms with Gasteiger partial charge in [0.1, 0.15) is 5.65 Å². The van der Waals surface area contributed by atoms with Gasteiger partial charge in [0.15, 0.2) is 12.3 Å². The van der Waals surface area contributed by atoms with Gasteiger partial charge in [-0.3, -0.25) is 4.79 Å². The number of imidazole rings is 1. The predicted octanol–water partition coefficient (Wildman–Crippen LogP) is 1.17. The molecule has 0 fully saturated rings. The summed E-state index contributed by atoms with van der Waals surface area (Å²) in [4.78, 5) is 29.2. The summed E-state index contributed by atoms with van der Waals surface area (Å²) in [5, 5.41) is 8.47. The van der Waals surface area contributed by atoms with E-state index in [1.54, 1.807) is 23.8 Å². The van der Waals surface area contributed by atoms with Gasteiger partial charge in [0, 0.05) is 26.0 Å². The summed E-state index contributed by atoms with van der Waals surface area (Å²) in [5.41, 5.74) is 1.83. The van der Waals surface area contributed by atoms with Crippen molar-refractivity contribution in [3.63, 3.8) is 0 Å². The summed E-state index contributed by atoms with van der Waals surface area (Å²) < 4.78 is 6.67.